The highest BCUT2D eigenvalue weighted by atomic mass is 16.4. The van der Waals surface area contributed by atoms with Crippen molar-refractivity contribution in [3.05, 3.63) is 53.1 Å². The molecule has 0 aliphatic carbocycles. The van der Waals surface area contributed by atoms with E-state index in [4.69, 9.17) is 5.11 Å². The Bertz CT molecular complexity index is 741. The van der Waals surface area contributed by atoms with E-state index < -0.39 is 5.97 Å². The Balaban J connectivity index is 1.92. The number of hydrogen-bond donors (Lipinski definition) is 1. The second-order valence-electron chi connectivity index (χ2n) is 5.28. The summed E-state index contributed by atoms with van der Waals surface area (Å²) in [5.74, 6) is -1.42. The van der Waals surface area contributed by atoms with Crippen LogP contribution >= 0.6 is 0 Å². The van der Waals surface area contributed by atoms with Gasteiger partial charge in [0.2, 0.25) is 0 Å². The minimum Gasteiger partial charge on any atom is -0.476 e. The van der Waals surface area contributed by atoms with Gasteiger partial charge in [0.25, 0.3) is 5.91 Å². The standard InChI is InChI=1S/C16H15N3O3/c1-10-4-5-14-11(7-10)3-2-6-19(14)15(20)12-8-18-13(9-17-12)16(21)22/h4-5,7-9H,2-3,6H2,1H3,(H,21,22). The van der Waals surface area contributed by atoms with Gasteiger partial charge < -0.3 is 10.0 Å². The molecule has 2 heterocycles. The molecule has 1 aromatic heterocycles. The second-order valence-corrected chi connectivity index (χ2v) is 5.28. The van der Waals surface area contributed by atoms with Crippen LogP contribution in [0.5, 0.6) is 0 Å². The van der Waals surface area contributed by atoms with Crippen LogP contribution in [0.1, 0.15) is 38.5 Å². The van der Waals surface area contributed by atoms with E-state index in [1.807, 2.05) is 19.1 Å². The highest BCUT2D eigenvalue weighted by molar-refractivity contribution is 6.05. The second kappa shape index (κ2) is 5.55. The monoisotopic (exact) mass is 297 g/mol. The minimum absolute atomic E-state index is 0.151. The van der Waals surface area contributed by atoms with Crippen LogP contribution in [0.25, 0.3) is 0 Å². The Hall–Kier alpha value is -2.76. The summed E-state index contributed by atoms with van der Waals surface area (Å²) in [5, 5.41) is 8.82. The molecule has 0 spiro atoms. The zero-order valence-electron chi connectivity index (χ0n) is 12.1. The normalized spacial score (nSPS) is 13.6. The Labute approximate surface area is 127 Å². The lowest BCUT2D eigenvalue weighted by Gasteiger charge is -2.29. The fraction of sp³-hybridized carbons (Fsp3) is 0.250. The molecule has 2 aromatic rings. The maximum absolute atomic E-state index is 12.6. The van der Waals surface area contributed by atoms with Crippen molar-refractivity contribution in [2.24, 2.45) is 0 Å². The molecular weight excluding hydrogens is 282 g/mol. The number of carboxylic acid groups (broad SMARTS) is 1. The number of hydrogen-bond acceptors (Lipinski definition) is 4. The Morgan fingerprint density at radius 2 is 1.91 bits per heavy atom. The Morgan fingerprint density at radius 1 is 1.18 bits per heavy atom. The van der Waals surface area contributed by atoms with Crippen LogP contribution in [0, 0.1) is 6.92 Å². The fourth-order valence-electron chi connectivity index (χ4n) is 2.62. The van der Waals surface area contributed by atoms with Crippen molar-refractivity contribution in [2.45, 2.75) is 19.8 Å². The highest BCUT2D eigenvalue weighted by Crippen LogP contribution is 2.28. The average molecular weight is 297 g/mol. The maximum atomic E-state index is 12.6. The van der Waals surface area contributed by atoms with Gasteiger partial charge in [0, 0.05) is 12.2 Å². The molecule has 112 valence electrons. The van der Waals surface area contributed by atoms with Crippen molar-refractivity contribution in [3.63, 3.8) is 0 Å². The molecule has 1 aliphatic heterocycles. The molecule has 1 N–H and O–H groups in total. The molecule has 1 amide bonds. The van der Waals surface area contributed by atoms with Crippen LogP contribution in [0.4, 0.5) is 5.69 Å². The first-order chi connectivity index (χ1) is 10.6. The van der Waals surface area contributed by atoms with Gasteiger partial charge in [-0.1, -0.05) is 17.7 Å². The first-order valence-electron chi connectivity index (χ1n) is 7.03. The molecule has 0 fully saturated rings. The predicted octanol–water partition coefficient (Wildman–Crippen LogP) is 2.08. The third-order valence-corrected chi connectivity index (χ3v) is 3.69. The Kier molecular flexibility index (Phi) is 3.58. The van der Waals surface area contributed by atoms with Crippen LogP contribution in [-0.2, 0) is 6.42 Å². The number of amides is 1. The van der Waals surface area contributed by atoms with Gasteiger partial charge in [0.1, 0.15) is 5.69 Å². The lowest BCUT2D eigenvalue weighted by atomic mass is 9.99. The number of anilines is 1. The van der Waals surface area contributed by atoms with E-state index in [-0.39, 0.29) is 17.3 Å². The summed E-state index contributed by atoms with van der Waals surface area (Å²) in [6, 6.07) is 6.01. The molecule has 0 unspecified atom stereocenters. The predicted molar refractivity (Wildman–Crippen MR) is 80.2 cm³/mol. The molecule has 1 aliphatic rings. The smallest absolute Gasteiger partial charge is 0.356 e. The molecule has 0 atom stereocenters. The van der Waals surface area contributed by atoms with Crippen LogP contribution in [0.15, 0.2) is 30.6 Å². The number of rotatable bonds is 2. The summed E-state index contributed by atoms with van der Waals surface area (Å²) in [5.41, 5.74) is 3.18. The molecule has 0 saturated heterocycles. The zero-order chi connectivity index (χ0) is 15.7. The number of aromatic nitrogens is 2. The average Bonchev–Trinajstić information content (AvgIpc) is 2.53. The third-order valence-electron chi connectivity index (χ3n) is 3.69. The lowest BCUT2D eigenvalue weighted by Crippen LogP contribution is -2.36. The number of fused-ring (bicyclic) bond motifs is 1. The number of aromatic carboxylic acids is 1. The summed E-state index contributed by atoms with van der Waals surface area (Å²) < 4.78 is 0. The van der Waals surface area contributed by atoms with Crippen molar-refractivity contribution in [1.29, 1.82) is 0 Å². The number of aryl methyl sites for hydroxylation is 2. The van der Waals surface area contributed by atoms with E-state index in [0.29, 0.717) is 6.54 Å². The fourth-order valence-corrected chi connectivity index (χ4v) is 2.62. The molecule has 0 saturated carbocycles. The topological polar surface area (TPSA) is 83.4 Å². The van der Waals surface area contributed by atoms with Gasteiger partial charge in [-0.25, -0.2) is 14.8 Å². The van der Waals surface area contributed by atoms with Gasteiger partial charge in [-0.15, -0.1) is 0 Å². The molecule has 1 aromatic carbocycles. The number of carbonyl (C=O) groups excluding carboxylic acids is 1. The quantitative estimate of drug-likeness (QED) is 0.917. The summed E-state index contributed by atoms with van der Waals surface area (Å²) in [7, 11) is 0. The molecule has 3 rings (SSSR count). The third kappa shape index (κ3) is 2.55. The van der Waals surface area contributed by atoms with Crippen LogP contribution in [-0.4, -0.2) is 33.5 Å². The molecule has 0 bridgehead atoms. The maximum Gasteiger partial charge on any atom is 0.356 e. The van der Waals surface area contributed by atoms with Crippen molar-refractivity contribution in [3.8, 4) is 0 Å². The van der Waals surface area contributed by atoms with Crippen LogP contribution in [0.3, 0.4) is 0 Å². The number of carboxylic acids is 1. The van der Waals surface area contributed by atoms with Crippen molar-refractivity contribution >= 4 is 17.6 Å². The van der Waals surface area contributed by atoms with Gasteiger partial charge in [0.15, 0.2) is 5.69 Å². The minimum atomic E-state index is -1.16. The van der Waals surface area contributed by atoms with E-state index in [0.717, 1.165) is 30.3 Å². The molecule has 0 radical (unpaired) electrons. The van der Waals surface area contributed by atoms with Crippen LogP contribution < -0.4 is 4.90 Å². The van der Waals surface area contributed by atoms with E-state index >= 15 is 0 Å². The van der Waals surface area contributed by atoms with Crippen LogP contribution in [0.2, 0.25) is 0 Å². The summed E-state index contributed by atoms with van der Waals surface area (Å²) in [4.78, 5) is 32.8. The number of nitrogens with zero attached hydrogens (tertiary/aromatic N) is 3. The van der Waals surface area contributed by atoms with E-state index in [2.05, 4.69) is 16.0 Å². The number of carbonyl (C=O) groups is 2. The van der Waals surface area contributed by atoms with Gasteiger partial charge in [-0.05, 0) is 31.4 Å². The first-order valence-corrected chi connectivity index (χ1v) is 7.03. The number of benzene rings is 1. The van der Waals surface area contributed by atoms with E-state index in [1.165, 1.54) is 11.8 Å². The zero-order valence-corrected chi connectivity index (χ0v) is 12.1. The van der Waals surface area contributed by atoms with Gasteiger partial charge in [-0.3, -0.25) is 4.79 Å². The van der Waals surface area contributed by atoms with Crippen molar-refractivity contribution < 1.29 is 14.7 Å². The van der Waals surface area contributed by atoms with Gasteiger partial charge in [-0.2, -0.15) is 0 Å². The summed E-state index contributed by atoms with van der Waals surface area (Å²) in [6.45, 7) is 2.65. The first kappa shape index (κ1) is 14.2. The molecular formula is C16H15N3O3. The SMILES string of the molecule is Cc1ccc2c(c1)CCCN2C(=O)c1cnc(C(=O)O)cn1. The van der Waals surface area contributed by atoms with Crippen molar-refractivity contribution in [1.82, 2.24) is 9.97 Å². The Morgan fingerprint density at radius 3 is 2.59 bits per heavy atom. The summed E-state index contributed by atoms with van der Waals surface area (Å²) in [6.07, 6.45) is 4.16. The van der Waals surface area contributed by atoms with Gasteiger partial charge >= 0.3 is 5.97 Å². The molecule has 22 heavy (non-hydrogen) atoms. The van der Waals surface area contributed by atoms with E-state index in [1.54, 1.807) is 4.90 Å². The van der Waals surface area contributed by atoms with Crippen molar-refractivity contribution in [2.75, 3.05) is 11.4 Å². The highest BCUT2D eigenvalue weighted by Gasteiger charge is 2.24. The summed E-state index contributed by atoms with van der Waals surface area (Å²) >= 11 is 0. The van der Waals surface area contributed by atoms with Gasteiger partial charge in [0.05, 0.1) is 12.4 Å². The largest absolute Gasteiger partial charge is 0.476 e. The lowest BCUT2D eigenvalue weighted by molar-refractivity contribution is 0.0689. The molecule has 6 heteroatoms. The van der Waals surface area contributed by atoms with E-state index in [9.17, 15) is 9.59 Å². The molecule has 6 nitrogen and oxygen atoms in total.